The van der Waals surface area contributed by atoms with Crippen LogP contribution in [0.5, 0.6) is 0 Å². The summed E-state index contributed by atoms with van der Waals surface area (Å²) in [6.07, 6.45) is 9.97. The zero-order chi connectivity index (χ0) is 20.9. The summed E-state index contributed by atoms with van der Waals surface area (Å²) in [5.74, 6) is 2.94. The number of nitrogens with one attached hydrogen (secondary N) is 1. The van der Waals surface area contributed by atoms with Gasteiger partial charge in [0.15, 0.2) is 0 Å². The molecule has 4 heteroatoms. The van der Waals surface area contributed by atoms with Gasteiger partial charge in [0.25, 0.3) is 0 Å². The van der Waals surface area contributed by atoms with Crippen LogP contribution in [-0.4, -0.2) is 29.3 Å². The number of hydrogen-bond donors (Lipinski definition) is 1. The van der Waals surface area contributed by atoms with Gasteiger partial charge in [0.05, 0.1) is 5.41 Å². The van der Waals surface area contributed by atoms with Crippen molar-refractivity contribution in [3.05, 3.63) is 29.8 Å². The molecule has 0 aromatic heterocycles. The largest absolute Gasteiger partial charge is 0.330 e. The van der Waals surface area contributed by atoms with E-state index in [2.05, 4.69) is 25.2 Å². The Hall–Kier alpha value is -1.84. The van der Waals surface area contributed by atoms with E-state index in [4.69, 9.17) is 0 Å². The van der Waals surface area contributed by atoms with Crippen LogP contribution in [0.3, 0.4) is 0 Å². The molecule has 1 aromatic rings. The van der Waals surface area contributed by atoms with Crippen molar-refractivity contribution in [1.29, 1.82) is 0 Å². The van der Waals surface area contributed by atoms with Crippen molar-refractivity contribution in [1.82, 2.24) is 4.90 Å². The first-order valence-electron chi connectivity index (χ1n) is 12.2. The Bertz CT molecular complexity index is 797. The van der Waals surface area contributed by atoms with E-state index in [1.54, 1.807) is 0 Å². The van der Waals surface area contributed by atoms with E-state index in [-0.39, 0.29) is 17.4 Å². The van der Waals surface area contributed by atoms with E-state index in [1.807, 2.05) is 23.1 Å². The molecule has 1 aliphatic heterocycles. The number of nitrogens with zero attached hydrogens (tertiary/aromatic N) is 1. The van der Waals surface area contributed by atoms with Gasteiger partial charge in [0.2, 0.25) is 11.8 Å². The molecule has 4 nitrogen and oxygen atoms in total. The van der Waals surface area contributed by atoms with Crippen LogP contribution in [0.4, 0.5) is 5.69 Å². The molecule has 5 fully saturated rings. The molecular formula is C26H36N2O2. The third-order valence-corrected chi connectivity index (χ3v) is 8.67. The van der Waals surface area contributed by atoms with Gasteiger partial charge >= 0.3 is 0 Å². The van der Waals surface area contributed by atoms with Crippen LogP contribution in [0.2, 0.25) is 0 Å². The van der Waals surface area contributed by atoms with Crippen LogP contribution in [0.1, 0.15) is 83.1 Å². The standard InChI is InChI=1S/C26H36N2O2/c1-3-17(2)21-7-4-5-8-22(21)27-24(29)23-9-6-10-28(23)25(30)26-14-18-11-19(15-26)13-20(12-18)16-26/h4-5,7-8,17-20,23H,3,6,9-16H2,1-2H3,(H,27,29)/t17-,18?,19?,20?,23-,26?/m0/s1. The lowest BCUT2D eigenvalue weighted by Crippen LogP contribution is -2.56. The molecule has 4 saturated carbocycles. The van der Waals surface area contributed by atoms with E-state index < -0.39 is 0 Å². The Morgan fingerprint density at radius 3 is 2.37 bits per heavy atom. The third-order valence-electron chi connectivity index (χ3n) is 8.67. The molecule has 1 heterocycles. The summed E-state index contributed by atoms with van der Waals surface area (Å²) >= 11 is 0. The van der Waals surface area contributed by atoms with Gasteiger partial charge in [0.1, 0.15) is 6.04 Å². The number of carbonyl (C=O) groups excluding carboxylic acids is 2. The summed E-state index contributed by atoms with van der Waals surface area (Å²) in [4.78, 5) is 29.1. The van der Waals surface area contributed by atoms with Crippen molar-refractivity contribution in [2.75, 3.05) is 11.9 Å². The second kappa shape index (κ2) is 7.69. The molecule has 6 rings (SSSR count). The van der Waals surface area contributed by atoms with Gasteiger partial charge in [-0.2, -0.15) is 0 Å². The van der Waals surface area contributed by atoms with Crippen LogP contribution in [0.25, 0.3) is 0 Å². The smallest absolute Gasteiger partial charge is 0.247 e. The Labute approximate surface area is 180 Å². The maximum absolute atomic E-state index is 13.8. The lowest BCUT2D eigenvalue weighted by Gasteiger charge is -2.56. The number of amides is 2. The summed E-state index contributed by atoms with van der Waals surface area (Å²) in [5.41, 5.74) is 1.93. The van der Waals surface area contributed by atoms with Crippen LogP contribution in [0.15, 0.2) is 24.3 Å². The minimum Gasteiger partial charge on any atom is -0.330 e. The molecular weight excluding hydrogens is 372 g/mol. The second-order valence-electron chi connectivity index (χ2n) is 10.7. The Balaban J connectivity index is 1.33. The molecule has 1 saturated heterocycles. The zero-order valence-corrected chi connectivity index (χ0v) is 18.5. The highest BCUT2D eigenvalue weighted by molar-refractivity contribution is 5.99. The van der Waals surface area contributed by atoms with Crippen LogP contribution >= 0.6 is 0 Å². The average molecular weight is 409 g/mol. The predicted octanol–water partition coefficient (Wildman–Crippen LogP) is 5.35. The van der Waals surface area contributed by atoms with Crippen molar-refractivity contribution in [3.8, 4) is 0 Å². The summed E-state index contributed by atoms with van der Waals surface area (Å²) in [7, 11) is 0. The molecule has 5 aliphatic rings. The number of anilines is 1. The number of benzene rings is 1. The first kappa shape index (κ1) is 20.1. The Morgan fingerprint density at radius 1 is 1.10 bits per heavy atom. The molecule has 0 radical (unpaired) electrons. The lowest BCUT2D eigenvalue weighted by molar-refractivity contribution is -0.160. The molecule has 0 unspecified atom stereocenters. The highest BCUT2D eigenvalue weighted by Gasteiger charge is 2.56. The van der Waals surface area contributed by atoms with Crippen molar-refractivity contribution in [2.24, 2.45) is 23.2 Å². The molecule has 2 atom stereocenters. The molecule has 4 bridgehead atoms. The van der Waals surface area contributed by atoms with Crippen LogP contribution < -0.4 is 5.32 Å². The van der Waals surface area contributed by atoms with E-state index in [1.165, 1.54) is 24.8 Å². The minimum absolute atomic E-state index is 0.00123. The highest BCUT2D eigenvalue weighted by Crippen LogP contribution is 2.60. The maximum atomic E-state index is 13.8. The van der Waals surface area contributed by atoms with Gasteiger partial charge in [-0.1, -0.05) is 32.0 Å². The van der Waals surface area contributed by atoms with Gasteiger partial charge in [0, 0.05) is 12.2 Å². The number of likely N-dealkylation sites (tertiary alicyclic amines) is 1. The fourth-order valence-electron chi connectivity index (χ4n) is 7.44. The van der Waals surface area contributed by atoms with Crippen molar-refractivity contribution in [3.63, 3.8) is 0 Å². The lowest BCUT2D eigenvalue weighted by atomic mass is 9.49. The second-order valence-corrected chi connectivity index (χ2v) is 10.7. The Morgan fingerprint density at radius 2 is 1.73 bits per heavy atom. The summed E-state index contributed by atoms with van der Waals surface area (Å²) in [6, 6.07) is 7.82. The van der Waals surface area contributed by atoms with Crippen molar-refractivity contribution < 1.29 is 9.59 Å². The topological polar surface area (TPSA) is 49.4 Å². The fraction of sp³-hybridized carbons (Fsp3) is 0.692. The molecule has 0 spiro atoms. The third kappa shape index (κ3) is 3.36. The molecule has 162 valence electrons. The monoisotopic (exact) mass is 408 g/mol. The average Bonchev–Trinajstić information content (AvgIpc) is 3.22. The van der Waals surface area contributed by atoms with Gasteiger partial charge in [-0.25, -0.2) is 0 Å². The summed E-state index contributed by atoms with van der Waals surface area (Å²) < 4.78 is 0. The highest BCUT2D eigenvalue weighted by atomic mass is 16.2. The van der Waals surface area contributed by atoms with Crippen LogP contribution in [0, 0.1) is 23.2 Å². The number of rotatable bonds is 5. The number of para-hydroxylation sites is 1. The molecule has 4 aliphatic carbocycles. The molecule has 1 N–H and O–H groups in total. The molecule has 2 amide bonds. The first-order valence-corrected chi connectivity index (χ1v) is 12.2. The van der Waals surface area contributed by atoms with E-state index >= 15 is 0 Å². The number of hydrogen-bond acceptors (Lipinski definition) is 2. The molecule has 30 heavy (non-hydrogen) atoms. The quantitative estimate of drug-likeness (QED) is 0.714. The maximum Gasteiger partial charge on any atom is 0.247 e. The predicted molar refractivity (Wildman–Crippen MR) is 119 cm³/mol. The first-order chi connectivity index (χ1) is 14.5. The summed E-state index contributed by atoms with van der Waals surface area (Å²) in [5, 5.41) is 3.19. The fourth-order valence-corrected chi connectivity index (χ4v) is 7.44. The normalized spacial score (nSPS) is 35.5. The Kier molecular flexibility index (Phi) is 5.15. The molecule has 1 aromatic carbocycles. The SMILES string of the molecule is CC[C@H](C)c1ccccc1NC(=O)[C@@H]1CCCN1C(=O)C12CC3CC(CC(C3)C1)C2. The van der Waals surface area contributed by atoms with Gasteiger partial charge < -0.3 is 10.2 Å². The minimum atomic E-state index is -0.310. The van der Waals surface area contributed by atoms with Gasteiger partial charge in [-0.15, -0.1) is 0 Å². The van der Waals surface area contributed by atoms with E-state index in [9.17, 15) is 9.59 Å². The van der Waals surface area contributed by atoms with Gasteiger partial charge in [-0.05, 0) is 93.1 Å². The van der Waals surface area contributed by atoms with Crippen molar-refractivity contribution >= 4 is 17.5 Å². The zero-order valence-electron chi connectivity index (χ0n) is 18.5. The van der Waals surface area contributed by atoms with Crippen LogP contribution in [-0.2, 0) is 9.59 Å². The van der Waals surface area contributed by atoms with E-state index in [0.717, 1.165) is 68.5 Å². The number of carbonyl (C=O) groups is 2. The van der Waals surface area contributed by atoms with E-state index in [0.29, 0.717) is 11.8 Å². The summed E-state index contributed by atoms with van der Waals surface area (Å²) in [6.45, 7) is 5.11. The van der Waals surface area contributed by atoms with Gasteiger partial charge in [-0.3, -0.25) is 9.59 Å². The van der Waals surface area contributed by atoms with Crippen molar-refractivity contribution in [2.45, 2.75) is 83.6 Å².